The highest BCUT2D eigenvalue weighted by Gasteiger charge is 2.31. The molecule has 0 radical (unpaired) electrons. The number of carbonyl (C=O) groups excluding carboxylic acids is 2. The van der Waals surface area contributed by atoms with Crippen molar-refractivity contribution in [3.8, 4) is 0 Å². The van der Waals surface area contributed by atoms with Crippen LogP contribution in [0.25, 0.3) is 0 Å². The highest BCUT2D eigenvalue weighted by molar-refractivity contribution is 8.00. The fourth-order valence-electron chi connectivity index (χ4n) is 2.53. The molecule has 4 heteroatoms. The van der Waals surface area contributed by atoms with E-state index in [1.807, 2.05) is 13.8 Å². The normalized spacial score (nSPS) is 18.3. The van der Waals surface area contributed by atoms with Crippen molar-refractivity contribution in [1.29, 1.82) is 0 Å². The Labute approximate surface area is 120 Å². The van der Waals surface area contributed by atoms with E-state index in [2.05, 4.69) is 0 Å². The quantitative estimate of drug-likeness (QED) is 0.531. The second-order valence-electron chi connectivity index (χ2n) is 5.51. The van der Waals surface area contributed by atoms with Crippen molar-refractivity contribution in [3.05, 3.63) is 0 Å². The Balaban J connectivity index is 2.45. The summed E-state index contributed by atoms with van der Waals surface area (Å²) in [6.07, 6.45) is 6.30. The minimum atomic E-state index is -0.587. The minimum Gasteiger partial charge on any atom is -0.465 e. The first-order chi connectivity index (χ1) is 9.06. The molecule has 1 aliphatic rings. The number of rotatable bonds is 7. The Morgan fingerprint density at radius 2 is 1.84 bits per heavy atom. The van der Waals surface area contributed by atoms with Gasteiger partial charge in [0.25, 0.3) is 0 Å². The van der Waals surface area contributed by atoms with Gasteiger partial charge >= 0.3 is 5.97 Å². The summed E-state index contributed by atoms with van der Waals surface area (Å²) in [5.74, 6) is -0.447. The zero-order chi connectivity index (χ0) is 14.3. The van der Waals surface area contributed by atoms with E-state index in [0.29, 0.717) is 17.6 Å². The second-order valence-corrected chi connectivity index (χ2v) is 6.80. The molecule has 1 unspecified atom stereocenters. The number of Topliss-reactive ketones (excluding diaryl/α,β-unsaturated/α-hetero) is 1. The van der Waals surface area contributed by atoms with Gasteiger partial charge in [-0.05, 0) is 25.7 Å². The van der Waals surface area contributed by atoms with Crippen LogP contribution >= 0.6 is 11.8 Å². The molecule has 3 nitrogen and oxygen atoms in total. The van der Waals surface area contributed by atoms with Gasteiger partial charge in [0.1, 0.15) is 5.92 Å². The number of hydrogen-bond donors (Lipinski definition) is 0. The van der Waals surface area contributed by atoms with Gasteiger partial charge in [-0.1, -0.05) is 33.1 Å². The Morgan fingerprint density at radius 3 is 2.37 bits per heavy atom. The van der Waals surface area contributed by atoms with E-state index in [4.69, 9.17) is 4.74 Å². The Bertz CT molecular complexity index is 296. The third-order valence-electron chi connectivity index (χ3n) is 3.57. The highest BCUT2D eigenvalue weighted by atomic mass is 32.2. The molecule has 0 bridgehead atoms. The van der Waals surface area contributed by atoms with Gasteiger partial charge in [0.05, 0.1) is 12.4 Å². The number of esters is 1. The van der Waals surface area contributed by atoms with Gasteiger partial charge in [-0.3, -0.25) is 9.59 Å². The predicted octanol–water partition coefficient (Wildman–Crippen LogP) is 3.46. The number of hydrogen-bond acceptors (Lipinski definition) is 4. The SMILES string of the molecule is CCOC(=O)C(C(=O)CSC1CCCCC1)C(C)C. The second kappa shape index (κ2) is 8.62. The molecule has 0 heterocycles. The van der Waals surface area contributed by atoms with Crippen molar-refractivity contribution in [3.63, 3.8) is 0 Å². The summed E-state index contributed by atoms with van der Waals surface area (Å²) in [6.45, 7) is 5.93. The van der Waals surface area contributed by atoms with E-state index in [1.54, 1.807) is 18.7 Å². The largest absolute Gasteiger partial charge is 0.465 e. The molecule has 1 saturated carbocycles. The molecule has 110 valence electrons. The van der Waals surface area contributed by atoms with Crippen LogP contribution in [0.1, 0.15) is 52.9 Å². The van der Waals surface area contributed by atoms with Gasteiger partial charge in [-0.15, -0.1) is 0 Å². The molecular weight excluding hydrogens is 260 g/mol. The summed E-state index contributed by atoms with van der Waals surface area (Å²) in [7, 11) is 0. The summed E-state index contributed by atoms with van der Waals surface area (Å²) >= 11 is 1.73. The van der Waals surface area contributed by atoms with Crippen LogP contribution < -0.4 is 0 Å². The van der Waals surface area contributed by atoms with Crippen LogP contribution in [0.3, 0.4) is 0 Å². The van der Waals surface area contributed by atoms with Crippen molar-refractivity contribution in [2.75, 3.05) is 12.4 Å². The lowest BCUT2D eigenvalue weighted by molar-refractivity contribution is -0.152. The van der Waals surface area contributed by atoms with Gasteiger partial charge in [0.15, 0.2) is 5.78 Å². The summed E-state index contributed by atoms with van der Waals surface area (Å²) in [5.41, 5.74) is 0. The predicted molar refractivity (Wildman–Crippen MR) is 79.3 cm³/mol. The Hall–Kier alpha value is -0.510. The van der Waals surface area contributed by atoms with Crippen molar-refractivity contribution < 1.29 is 14.3 Å². The van der Waals surface area contributed by atoms with Gasteiger partial charge in [0.2, 0.25) is 0 Å². The number of ether oxygens (including phenoxy) is 1. The Kier molecular flexibility index (Phi) is 7.51. The Morgan fingerprint density at radius 1 is 1.21 bits per heavy atom. The van der Waals surface area contributed by atoms with E-state index < -0.39 is 5.92 Å². The van der Waals surface area contributed by atoms with Crippen molar-refractivity contribution in [1.82, 2.24) is 0 Å². The molecule has 1 aliphatic carbocycles. The molecule has 1 atom stereocenters. The van der Waals surface area contributed by atoms with Gasteiger partial charge in [-0.25, -0.2) is 0 Å². The van der Waals surface area contributed by atoms with Crippen LogP contribution in [-0.2, 0) is 14.3 Å². The van der Waals surface area contributed by atoms with Gasteiger partial charge in [0, 0.05) is 5.25 Å². The molecule has 1 fully saturated rings. The average molecular weight is 286 g/mol. The van der Waals surface area contributed by atoms with Crippen molar-refractivity contribution >= 4 is 23.5 Å². The van der Waals surface area contributed by atoms with E-state index in [9.17, 15) is 9.59 Å². The molecule has 0 saturated heterocycles. The third kappa shape index (κ3) is 5.55. The van der Waals surface area contributed by atoms with E-state index >= 15 is 0 Å². The first-order valence-corrected chi connectivity index (χ1v) is 8.42. The maximum Gasteiger partial charge on any atom is 0.316 e. The van der Waals surface area contributed by atoms with Gasteiger partial charge in [-0.2, -0.15) is 11.8 Å². The molecule has 0 amide bonds. The maximum atomic E-state index is 12.2. The zero-order valence-corrected chi connectivity index (χ0v) is 13.1. The lowest BCUT2D eigenvalue weighted by atomic mass is 9.92. The summed E-state index contributed by atoms with van der Waals surface area (Å²) < 4.78 is 5.01. The average Bonchev–Trinajstić information content (AvgIpc) is 2.37. The topological polar surface area (TPSA) is 43.4 Å². The fourth-order valence-corrected chi connectivity index (χ4v) is 3.78. The first-order valence-electron chi connectivity index (χ1n) is 7.37. The fraction of sp³-hybridized carbons (Fsp3) is 0.867. The third-order valence-corrected chi connectivity index (χ3v) is 4.96. The zero-order valence-electron chi connectivity index (χ0n) is 12.3. The molecule has 0 N–H and O–H groups in total. The molecular formula is C15H26O3S. The molecule has 1 rings (SSSR count). The highest BCUT2D eigenvalue weighted by Crippen LogP contribution is 2.29. The van der Waals surface area contributed by atoms with E-state index in [1.165, 1.54) is 32.1 Å². The lowest BCUT2D eigenvalue weighted by Gasteiger charge is -2.22. The lowest BCUT2D eigenvalue weighted by Crippen LogP contribution is -2.32. The number of ketones is 1. The molecule has 0 aromatic rings. The van der Waals surface area contributed by atoms with E-state index in [0.717, 1.165) is 0 Å². The smallest absolute Gasteiger partial charge is 0.316 e. The minimum absolute atomic E-state index is 0.0125. The van der Waals surface area contributed by atoms with E-state index in [-0.39, 0.29) is 17.7 Å². The number of carbonyl (C=O) groups is 2. The molecule has 0 spiro atoms. The molecule has 0 aromatic heterocycles. The van der Waals surface area contributed by atoms with Crippen molar-refractivity contribution in [2.45, 2.75) is 58.1 Å². The standard InChI is InChI=1S/C15H26O3S/c1-4-18-15(17)14(11(2)3)13(16)10-19-12-8-6-5-7-9-12/h11-12,14H,4-10H2,1-3H3. The van der Waals surface area contributed by atoms with Gasteiger partial charge < -0.3 is 4.74 Å². The molecule has 19 heavy (non-hydrogen) atoms. The summed E-state index contributed by atoms with van der Waals surface area (Å²) in [5, 5.41) is 0.604. The van der Waals surface area contributed by atoms with Crippen molar-refractivity contribution in [2.24, 2.45) is 11.8 Å². The van der Waals surface area contributed by atoms with Crippen LogP contribution in [0.4, 0.5) is 0 Å². The monoisotopic (exact) mass is 286 g/mol. The van der Waals surface area contributed by atoms with Crippen LogP contribution in [0.2, 0.25) is 0 Å². The maximum absolute atomic E-state index is 12.2. The van der Waals surface area contributed by atoms with Crippen LogP contribution in [0.5, 0.6) is 0 Å². The van der Waals surface area contributed by atoms with Crippen LogP contribution in [-0.4, -0.2) is 29.4 Å². The molecule has 0 aliphatic heterocycles. The summed E-state index contributed by atoms with van der Waals surface area (Å²) in [4.78, 5) is 24.0. The molecule has 0 aromatic carbocycles. The summed E-state index contributed by atoms with van der Waals surface area (Å²) in [6, 6.07) is 0. The number of thioether (sulfide) groups is 1. The first kappa shape index (κ1) is 16.5. The van der Waals surface area contributed by atoms with Crippen LogP contribution in [0, 0.1) is 11.8 Å². The van der Waals surface area contributed by atoms with Crippen LogP contribution in [0.15, 0.2) is 0 Å².